The zero-order valence-electron chi connectivity index (χ0n) is 10.00. The Labute approximate surface area is 106 Å². The number of ketones is 1. The first-order valence-electron chi connectivity index (χ1n) is 5.68. The van der Waals surface area contributed by atoms with Gasteiger partial charge < -0.3 is 10.1 Å². The second-order valence-corrected chi connectivity index (χ2v) is 4.79. The summed E-state index contributed by atoms with van der Waals surface area (Å²) < 4.78 is 5.23. The van der Waals surface area contributed by atoms with E-state index in [1.807, 2.05) is 19.1 Å². The highest BCUT2D eigenvalue weighted by Gasteiger charge is 2.29. The van der Waals surface area contributed by atoms with Gasteiger partial charge in [-0.15, -0.1) is 0 Å². The van der Waals surface area contributed by atoms with E-state index in [1.165, 1.54) is 0 Å². The van der Waals surface area contributed by atoms with Gasteiger partial charge in [-0.1, -0.05) is 23.7 Å². The van der Waals surface area contributed by atoms with E-state index >= 15 is 0 Å². The number of nitrogens with one attached hydrogen (secondary N) is 1. The van der Waals surface area contributed by atoms with Crippen LogP contribution in [-0.4, -0.2) is 31.6 Å². The third kappa shape index (κ3) is 2.68. The predicted octanol–water partition coefficient (Wildman–Crippen LogP) is 2.21. The fraction of sp³-hybridized carbons (Fsp3) is 0.462. The molecule has 0 bridgehead atoms. The van der Waals surface area contributed by atoms with Crippen molar-refractivity contribution in [3.8, 4) is 0 Å². The molecule has 2 unspecified atom stereocenters. The predicted molar refractivity (Wildman–Crippen MR) is 67.7 cm³/mol. The Hall–Kier alpha value is -0.900. The molecule has 0 aromatic heterocycles. The molecule has 1 aromatic carbocycles. The van der Waals surface area contributed by atoms with Gasteiger partial charge in [-0.25, -0.2) is 0 Å². The van der Waals surface area contributed by atoms with Crippen LogP contribution in [0.3, 0.4) is 0 Å². The number of Topliss-reactive ketones (excluding diaryl/α,β-unsaturated/α-hetero) is 1. The van der Waals surface area contributed by atoms with Crippen molar-refractivity contribution >= 4 is 17.4 Å². The molecule has 0 radical (unpaired) electrons. The van der Waals surface area contributed by atoms with Crippen LogP contribution in [-0.2, 0) is 4.74 Å². The molecule has 1 fully saturated rings. The zero-order valence-corrected chi connectivity index (χ0v) is 10.8. The van der Waals surface area contributed by atoms with Crippen LogP contribution >= 0.6 is 11.6 Å². The Balaban J connectivity index is 2.12. The standard InChI is InChI=1S/C13H16ClNO2/c1-8-3-4-9(5-11(8)14)13(16)12-6-10(17-2)7-15-12/h3-5,10,12,15H,6-7H2,1-2H3. The summed E-state index contributed by atoms with van der Waals surface area (Å²) >= 11 is 6.02. The van der Waals surface area contributed by atoms with E-state index in [0.29, 0.717) is 10.6 Å². The third-order valence-corrected chi connectivity index (χ3v) is 3.60. The molecular weight excluding hydrogens is 238 g/mol. The molecule has 2 atom stereocenters. The van der Waals surface area contributed by atoms with E-state index in [9.17, 15) is 4.79 Å². The molecule has 0 spiro atoms. The molecule has 1 aliphatic heterocycles. The molecule has 3 nitrogen and oxygen atoms in total. The van der Waals surface area contributed by atoms with Gasteiger partial charge >= 0.3 is 0 Å². The highest BCUT2D eigenvalue weighted by molar-refractivity contribution is 6.31. The van der Waals surface area contributed by atoms with Gasteiger partial charge in [-0.2, -0.15) is 0 Å². The lowest BCUT2D eigenvalue weighted by molar-refractivity contribution is 0.0919. The molecule has 0 saturated carbocycles. The quantitative estimate of drug-likeness (QED) is 0.840. The second kappa shape index (κ2) is 5.17. The van der Waals surface area contributed by atoms with Crippen LogP contribution in [0.1, 0.15) is 22.3 Å². The number of halogens is 1. The summed E-state index contributed by atoms with van der Waals surface area (Å²) in [5.41, 5.74) is 1.65. The van der Waals surface area contributed by atoms with E-state index in [4.69, 9.17) is 16.3 Å². The van der Waals surface area contributed by atoms with Gasteiger partial charge in [0.2, 0.25) is 0 Å². The van der Waals surface area contributed by atoms with E-state index in [1.54, 1.807) is 13.2 Å². The highest BCUT2D eigenvalue weighted by atomic mass is 35.5. The van der Waals surface area contributed by atoms with Gasteiger partial charge in [-0.3, -0.25) is 4.79 Å². The van der Waals surface area contributed by atoms with Crippen LogP contribution in [0.2, 0.25) is 5.02 Å². The molecule has 0 aliphatic carbocycles. The second-order valence-electron chi connectivity index (χ2n) is 4.38. The average Bonchev–Trinajstić information content (AvgIpc) is 2.80. The lowest BCUT2D eigenvalue weighted by atomic mass is 10.0. The number of hydrogen-bond acceptors (Lipinski definition) is 3. The number of methoxy groups -OCH3 is 1. The molecule has 1 aromatic rings. The first-order chi connectivity index (χ1) is 8.11. The van der Waals surface area contributed by atoms with Crippen molar-refractivity contribution < 1.29 is 9.53 Å². The van der Waals surface area contributed by atoms with Gasteiger partial charge in [0.05, 0.1) is 12.1 Å². The molecule has 2 rings (SSSR count). The largest absolute Gasteiger partial charge is 0.380 e. The normalized spacial score (nSPS) is 23.9. The topological polar surface area (TPSA) is 38.3 Å². The molecule has 17 heavy (non-hydrogen) atoms. The maximum Gasteiger partial charge on any atom is 0.179 e. The van der Waals surface area contributed by atoms with Crippen molar-refractivity contribution in [2.75, 3.05) is 13.7 Å². The fourth-order valence-electron chi connectivity index (χ4n) is 2.03. The molecule has 1 aliphatic rings. The Morgan fingerprint density at radius 1 is 1.53 bits per heavy atom. The molecule has 4 heteroatoms. The fourth-order valence-corrected chi connectivity index (χ4v) is 2.21. The summed E-state index contributed by atoms with van der Waals surface area (Å²) in [4.78, 5) is 12.2. The van der Waals surface area contributed by atoms with Crippen molar-refractivity contribution in [2.45, 2.75) is 25.5 Å². The molecule has 1 saturated heterocycles. The van der Waals surface area contributed by atoms with Crippen molar-refractivity contribution in [1.82, 2.24) is 5.32 Å². The van der Waals surface area contributed by atoms with Gasteiger partial charge in [0.25, 0.3) is 0 Å². The average molecular weight is 254 g/mol. The Morgan fingerprint density at radius 3 is 2.88 bits per heavy atom. The summed E-state index contributed by atoms with van der Waals surface area (Å²) in [6.45, 7) is 2.65. The summed E-state index contributed by atoms with van der Waals surface area (Å²) in [6.07, 6.45) is 0.853. The van der Waals surface area contributed by atoms with Gasteiger partial charge in [0.1, 0.15) is 0 Å². The van der Waals surface area contributed by atoms with Gasteiger partial charge in [-0.05, 0) is 25.0 Å². The SMILES string of the molecule is COC1CNC(C(=O)c2ccc(C)c(Cl)c2)C1. The molecular formula is C13H16ClNO2. The molecule has 92 valence electrons. The Bertz CT molecular complexity index is 433. The first-order valence-corrected chi connectivity index (χ1v) is 6.06. The Kier molecular flexibility index (Phi) is 3.82. The van der Waals surface area contributed by atoms with Crippen molar-refractivity contribution in [1.29, 1.82) is 0 Å². The molecule has 1 N–H and O–H groups in total. The van der Waals surface area contributed by atoms with Gasteiger partial charge in [0.15, 0.2) is 5.78 Å². The first kappa shape index (κ1) is 12.6. The van der Waals surface area contributed by atoms with Crippen molar-refractivity contribution in [2.24, 2.45) is 0 Å². The van der Waals surface area contributed by atoms with E-state index in [-0.39, 0.29) is 17.9 Å². The summed E-state index contributed by atoms with van der Waals surface area (Å²) in [6, 6.07) is 5.28. The minimum Gasteiger partial charge on any atom is -0.380 e. The van der Waals surface area contributed by atoms with E-state index in [2.05, 4.69) is 5.32 Å². The zero-order chi connectivity index (χ0) is 12.4. The van der Waals surface area contributed by atoms with Crippen LogP contribution in [0.25, 0.3) is 0 Å². The number of ether oxygens (including phenoxy) is 1. The van der Waals surface area contributed by atoms with E-state index in [0.717, 1.165) is 18.5 Å². The molecule has 0 amide bonds. The van der Waals surface area contributed by atoms with Crippen molar-refractivity contribution in [3.63, 3.8) is 0 Å². The Morgan fingerprint density at radius 2 is 2.29 bits per heavy atom. The lowest BCUT2D eigenvalue weighted by Gasteiger charge is -2.10. The highest BCUT2D eigenvalue weighted by Crippen LogP contribution is 2.20. The van der Waals surface area contributed by atoms with Crippen LogP contribution < -0.4 is 5.32 Å². The summed E-state index contributed by atoms with van der Waals surface area (Å²) in [5, 5.41) is 3.81. The number of carbonyl (C=O) groups is 1. The van der Waals surface area contributed by atoms with Crippen molar-refractivity contribution in [3.05, 3.63) is 34.3 Å². The van der Waals surface area contributed by atoms with Crippen LogP contribution in [0, 0.1) is 6.92 Å². The number of aryl methyl sites for hydroxylation is 1. The maximum absolute atomic E-state index is 12.2. The number of benzene rings is 1. The monoisotopic (exact) mass is 253 g/mol. The number of carbonyl (C=O) groups excluding carboxylic acids is 1. The maximum atomic E-state index is 12.2. The summed E-state index contributed by atoms with van der Waals surface area (Å²) in [7, 11) is 1.67. The van der Waals surface area contributed by atoms with Crippen LogP contribution in [0.4, 0.5) is 0 Å². The van der Waals surface area contributed by atoms with E-state index < -0.39 is 0 Å². The van der Waals surface area contributed by atoms with Gasteiger partial charge in [0, 0.05) is 24.2 Å². The summed E-state index contributed by atoms with van der Waals surface area (Å²) in [5.74, 6) is 0.0893. The molecule has 1 heterocycles. The number of rotatable bonds is 3. The number of hydrogen-bond donors (Lipinski definition) is 1. The minimum absolute atomic E-state index is 0.0893. The van der Waals surface area contributed by atoms with Crippen LogP contribution in [0.15, 0.2) is 18.2 Å². The smallest absolute Gasteiger partial charge is 0.179 e. The minimum atomic E-state index is -0.154. The third-order valence-electron chi connectivity index (χ3n) is 3.20. The lowest BCUT2D eigenvalue weighted by Crippen LogP contribution is -2.30. The van der Waals surface area contributed by atoms with Crippen LogP contribution in [0.5, 0.6) is 0 Å².